The number of nitrogens with one attached hydrogen (secondary N) is 1. The molecule has 1 unspecified atom stereocenters. The molecule has 96 valence electrons. The third-order valence-corrected chi connectivity index (χ3v) is 4.41. The van der Waals surface area contributed by atoms with Gasteiger partial charge >= 0.3 is 0 Å². The van der Waals surface area contributed by atoms with Crippen molar-refractivity contribution < 1.29 is 4.39 Å². The predicted molar refractivity (Wildman–Crippen MR) is 76.1 cm³/mol. The molecule has 0 radical (unpaired) electrons. The van der Waals surface area contributed by atoms with Crippen LogP contribution in [0.3, 0.4) is 0 Å². The van der Waals surface area contributed by atoms with Gasteiger partial charge in [-0.25, -0.2) is 4.39 Å². The molecule has 1 heterocycles. The molecular formula is C14H15ClFNS. The minimum Gasteiger partial charge on any atom is -0.309 e. The molecule has 1 atom stereocenters. The second-order valence-corrected chi connectivity index (χ2v) is 5.68. The summed E-state index contributed by atoms with van der Waals surface area (Å²) in [5.41, 5.74) is 2.37. The molecule has 0 saturated heterocycles. The van der Waals surface area contributed by atoms with E-state index in [1.54, 1.807) is 25.2 Å². The lowest BCUT2D eigenvalue weighted by molar-refractivity contribution is 0.605. The van der Waals surface area contributed by atoms with Crippen molar-refractivity contribution >= 4 is 22.9 Å². The van der Waals surface area contributed by atoms with Crippen molar-refractivity contribution in [2.24, 2.45) is 0 Å². The van der Waals surface area contributed by atoms with Gasteiger partial charge in [0.25, 0.3) is 0 Å². The van der Waals surface area contributed by atoms with Crippen LogP contribution in [-0.2, 0) is 0 Å². The Morgan fingerprint density at radius 2 is 1.89 bits per heavy atom. The second-order valence-electron chi connectivity index (χ2n) is 4.32. The van der Waals surface area contributed by atoms with Crippen molar-refractivity contribution in [1.29, 1.82) is 0 Å². The first-order valence-corrected chi connectivity index (χ1v) is 6.97. The molecule has 0 aliphatic carbocycles. The molecule has 18 heavy (non-hydrogen) atoms. The smallest absolute Gasteiger partial charge is 0.129 e. The van der Waals surface area contributed by atoms with Crippen molar-refractivity contribution in [2.45, 2.75) is 19.9 Å². The Kier molecular flexibility index (Phi) is 4.05. The first-order chi connectivity index (χ1) is 8.54. The van der Waals surface area contributed by atoms with Gasteiger partial charge in [0, 0.05) is 4.88 Å². The molecule has 0 amide bonds. The number of benzene rings is 1. The summed E-state index contributed by atoms with van der Waals surface area (Å²) in [5, 5.41) is 5.95. The van der Waals surface area contributed by atoms with E-state index in [9.17, 15) is 4.39 Å². The summed E-state index contributed by atoms with van der Waals surface area (Å²) in [4.78, 5) is 1.06. The van der Waals surface area contributed by atoms with Crippen molar-refractivity contribution in [3.05, 3.63) is 56.0 Å². The fourth-order valence-corrected chi connectivity index (χ4v) is 3.41. The Labute approximate surface area is 116 Å². The van der Waals surface area contributed by atoms with Crippen molar-refractivity contribution in [3.63, 3.8) is 0 Å². The lowest BCUT2D eigenvalue weighted by Gasteiger charge is -2.17. The fraction of sp³-hybridized carbons (Fsp3) is 0.286. The number of aryl methyl sites for hydroxylation is 2. The first-order valence-electron chi connectivity index (χ1n) is 5.71. The highest BCUT2D eigenvalue weighted by molar-refractivity contribution is 7.10. The minimum atomic E-state index is -0.133. The van der Waals surface area contributed by atoms with Crippen LogP contribution >= 0.6 is 22.9 Å². The molecule has 0 aliphatic rings. The van der Waals surface area contributed by atoms with E-state index in [0.717, 1.165) is 15.5 Å². The normalized spacial score (nSPS) is 12.7. The van der Waals surface area contributed by atoms with Crippen molar-refractivity contribution in [2.75, 3.05) is 7.05 Å². The Hall–Kier alpha value is -0.900. The maximum absolute atomic E-state index is 13.7. The van der Waals surface area contributed by atoms with E-state index >= 15 is 0 Å². The summed E-state index contributed by atoms with van der Waals surface area (Å²) < 4.78 is 13.7. The van der Waals surface area contributed by atoms with Gasteiger partial charge < -0.3 is 5.32 Å². The zero-order valence-corrected chi connectivity index (χ0v) is 12.1. The topological polar surface area (TPSA) is 12.0 Å². The fourth-order valence-electron chi connectivity index (χ4n) is 2.11. The summed E-state index contributed by atoms with van der Waals surface area (Å²) in [5.74, 6) is -0.133. The molecule has 1 aromatic carbocycles. The number of thiophene rings is 1. The van der Waals surface area contributed by atoms with E-state index in [1.807, 2.05) is 30.6 Å². The zero-order valence-electron chi connectivity index (χ0n) is 10.6. The van der Waals surface area contributed by atoms with Crippen molar-refractivity contribution in [1.82, 2.24) is 5.32 Å². The monoisotopic (exact) mass is 283 g/mol. The zero-order chi connectivity index (χ0) is 13.3. The number of hydrogen-bond acceptors (Lipinski definition) is 2. The Bertz CT molecular complexity index is 542. The molecule has 2 rings (SSSR count). The highest BCUT2D eigenvalue weighted by atomic mass is 35.5. The van der Waals surface area contributed by atoms with Gasteiger partial charge in [-0.2, -0.15) is 0 Å². The van der Waals surface area contributed by atoms with Gasteiger partial charge in [-0.3, -0.25) is 0 Å². The Morgan fingerprint density at radius 3 is 2.33 bits per heavy atom. The summed E-state index contributed by atoms with van der Waals surface area (Å²) in [6, 6.07) is 5.64. The lowest BCUT2D eigenvalue weighted by Crippen LogP contribution is -2.17. The van der Waals surface area contributed by atoms with Gasteiger partial charge in [-0.1, -0.05) is 23.7 Å². The van der Waals surface area contributed by atoms with Crippen LogP contribution in [0.5, 0.6) is 0 Å². The first kappa shape index (κ1) is 13.5. The van der Waals surface area contributed by atoms with Crippen LogP contribution in [0.1, 0.15) is 27.6 Å². The molecule has 1 nitrogen and oxygen atoms in total. The summed E-state index contributed by atoms with van der Waals surface area (Å²) >= 11 is 7.78. The molecule has 1 N–H and O–H groups in total. The molecule has 0 fully saturated rings. The maximum Gasteiger partial charge on any atom is 0.129 e. The van der Waals surface area contributed by atoms with Crippen LogP contribution in [0.4, 0.5) is 4.39 Å². The van der Waals surface area contributed by atoms with E-state index in [4.69, 9.17) is 11.6 Å². The van der Waals surface area contributed by atoms with Crippen LogP contribution in [0.15, 0.2) is 23.6 Å². The van der Waals surface area contributed by atoms with Crippen LogP contribution in [0.25, 0.3) is 0 Å². The summed E-state index contributed by atoms with van der Waals surface area (Å²) in [6.45, 7) is 3.57. The van der Waals surface area contributed by atoms with E-state index < -0.39 is 0 Å². The highest BCUT2D eigenvalue weighted by Gasteiger charge is 2.18. The van der Waals surface area contributed by atoms with Crippen LogP contribution in [-0.4, -0.2) is 7.05 Å². The molecule has 0 saturated carbocycles. The SMILES string of the molecule is CNC(c1cc(C)c(F)c(C)c1)c1sccc1Cl. The van der Waals surface area contributed by atoms with Crippen molar-refractivity contribution in [3.8, 4) is 0 Å². The van der Waals surface area contributed by atoms with E-state index in [1.165, 1.54) is 0 Å². The molecule has 2 aromatic rings. The van der Waals surface area contributed by atoms with Crippen LogP contribution < -0.4 is 5.32 Å². The van der Waals surface area contributed by atoms with Gasteiger partial charge in [0.1, 0.15) is 5.82 Å². The van der Waals surface area contributed by atoms with Crippen LogP contribution in [0, 0.1) is 19.7 Å². The highest BCUT2D eigenvalue weighted by Crippen LogP contribution is 2.33. The largest absolute Gasteiger partial charge is 0.309 e. The molecule has 4 heteroatoms. The van der Waals surface area contributed by atoms with Gasteiger partial charge in [0.15, 0.2) is 0 Å². The maximum atomic E-state index is 13.7. The van der Waals surface area contributed by atoms with Gasteiger partial charge in [0.05, 0.1) is 11.1 Å². The third kappa shape index (κ3) is 2.44. The minimum absolute atomic E-state index is 0.00972. The second kappa shape index (κ2) is 5.39. The standard InChI is InChI=1S/C14H15ClFNS/c1-8-6-10(7-9(2)12(8)16)13(17-3)14-11(15)4-5-18-14/h4-7,13,17H,1-3H3. The Morgan fingerprint density at radius 1 is 1.28 bits per heavy atom. The molecule has 0 bridgehead atoms. The average Bonchev–Trinajstić information content (AvgIpc) is 2.74. The quantitative estimate of drug-likeness (QED) is 0.876. The third-order valence-electron chi connectivity index (χ3n) is 2.99. The summed E-state index contributed by atoms with van der Waals surface area (Å²) in [7, 11) is 1.88. The average molecular weight is 284 g/mol. The number of hydrogen-bond donors (Lipinski definition) is 1. The van der Waals surface area contributed by atoms with Crippen LogP contribution in [0.2, 0.25) is 5.02 Å². The molecule has 0 spiro atoms. The molecule has 1 aromatic heterocycles. The molecular weight excluding hydrogens is 269 g/mol. The van der Waals surface area contributed by atoms with Gasteiger partial charge in [-0.05, 0) is 49.0 Å². The van der Waals surface area contributed by atoms with Gasteiger partial charge in [-0.15, -0.1) is 11.3 Å². The molecule has 0 aliphatic heterocycles. The lowest BCUT2D eigenvalue weighted by atomic mass is 10.00. The van der Waals surface area contributed by atoms with E-state index in [0.29, 0.717) is 11.1 Å². The number of rotatable bonds is 3. The predicted octanol–water partition coefficient (Wildman–Crippen LogP) is 4.47. The summed E-state index contributed by atoms with van der Waals surface area (Å²) in [6.07, 6.45) is 0. The Balaban J connectivity index is 2.49. The van der Waals surface area contributed by atoms with Gasteiger partial charge in [0.2, 0.25) is 0 Å². The van der Waals surface area contributed by atoms with E-state index in [2.05, 4.69) is 5.32 Å². The number of halogens is 2. The van der Waals surface area contributed by atoms with E-state index in [-0.39, 0.29) is 11.9 Å².